The molecule has 1 aliphatic rings. The van der Waals surface area contributed by atoms with E-state index in [2.05, 4.69) is 9.97 Å². The van der Waals surface area contributed by atoms with E-state index in [-0.39, 0.29) is 29.3 Å². The highest BCUT2D eigenvalue weighted by Gasteiger charge is 2.32. The zero-order chi connectivity index (χ0) is 18.7. The number of ether oxygens (including phenoxy) is 2. The first-order valence-corrected chi connectivity index (χ1v) is 9.64. The second-order valence-corrected chi connectivity index (χ2v) is 7.93. The molecule has 3 rings (SSSR count). The van der Waals surface area contributed by atoms with Crippen LogP contribution in [0.1, 0.15) is 18.4 Å². The van der Waals surface area contributed by atoms with E-state index in [0.29, 0.717) is 24.9 Å². The number of rotatable bonds is 5. The van der Waals surface area contributed by atoms with Crippen LogP contribution in [-0.2, 0) is 10.0 Å². The van der Waals surface area contributed by atoms with Crippen molar-refractivity contribution < 1.29 is 22.3 Å². The molecular formula is C17H20FN3O4S. The molecule has 0 saturated carbocycles. The average Bonchev–Trinajstić information content (AvgIpc) is 2.62. The van der Waals surface area contributed by atoms with E-state index in [1.165, 1.54) is 35.9 Å². The molecule has 0 bridgehead atoms. The SMILES string of the molecule is COc1nccnc1OC1CCCN(S(=O)(=O)c2ccc(F)cc2C)C1. The molecule has 1 atom stereocenters. The Kier molecular flexibility index (Phi) is 5.38. The summed E-state index contributed by atoms with van der Waals surface area (Å²) >= 11 is 0. The van der Waals surface area contributed by atoms with E-state index in [9.17, 15) is 12.8 Å². The lowest BCUT2D eigenvalue weighted by atomic mass is 10.1. The van der Waals surface area contributed by atoms with Crippen molar-refractivity contribution in [1.29, 1.82) is 0 Å². The zero-order valence-electron chi connectivity index (χ0n) is 14.6. The van der Waals surface area contributed by atoms with Gasteiger partial charge in [0.15, 0.2) is 0 Å². The van der Waals surface area contributed by atoms with Crippen LogP contribution in [0.5, 0.6) is 11.8 Å². The molecule has 1 fully saturated rings. The van der Waals surface area contributed by atoms with Crippen LogP contribution >= 0.6 is 0 Å². The Morgan fingerprint density at radius 1 is 1.23 bits per heavy atom. The van der Waals surface area contributed by atoms with Gasteiger partial charge in [-0.25, -0.2) is 22.8 Å². The van der Waals surface area contributed by atoms with E-state index in [4.69, 9.17) is 9.47 Å². The number of hydrogen-bond donors (Lipinski definition) is 0. The van der Waals surface area contributed by atoms with Crippen molar-refractivity contribution in [3.05, 3.63) is 42.0 Å². The minimum atomic E-state index is -3.73. The quantitative estimate of drug-likeness (QED) is 0.790. The molecule has 2 heterocycles. The Labute approximate surface area is 151 Å². The van der Waals surface area contributed by atoms with Gasteiger partial charge in [0.05, 0.1) is 18.6 Å². The number of aromatic nitrogens is 2. The standard InChI is InChI=1S/C17H20FN3O4S/c1-12-10-13(18)5-6-15(12)26(22,23)21-9-3-4-14(11-21)25-17-16(24-2)19-7-8-20-17/h5-8,10,14H,3-4,9,11H2,1-2H3. The summed E-state index contributed by atoms with van der Waals surface area (Å²) < 4.78 is 51.5. The Bertz CT molecular complexity index is 891. The summed E-state index contributed by atoms with van der Waals surface area (Å²) in [6.45, 7) is 2.15. The fourth-order valence-electron chi connectivity index (χ4n) is 2.95. The Morgan fingerprint density at radius 3 is 2.65 bits per heavy atom. The van der Waals surface area contributed by atoms with Crippen LogP contribution in [0.3, 0.4) is 0 Å². The highest BCUT2D eigenvalue weighted by Crippen LogP contribution is 2.27. The fourth-order valence-corrected chi connectivity index (χ4v) is 4.67. The number of piperidine rings is 1. The first kappa shape index (κ1) is 18.5. The maximum atomic E-state index is 13.3. The Hall–Kier alpha value is -2.26. The molecule has 0 amide bonds. The largest absolute Gasteiger partial charge is 0.477 e. The van der Waals surface area contributed by atoms with Gasteiger partial charge < -0.3 is 9.47 Å². The third-order valence-corrected chi connectivity index (χ3v) is 6.23. The number of halogens is 1. The molecule has 0 aliphatic carbocycles. The minimum Gasteiger partial charge on any atom is -0.477 e. The normalized spacial score (nSPS) is 18.5. The van der Waals surface area contributed by atoms with Crippen molar-refractivity contribution in [3.63, 3.8) is 0 Å². The molecule has 1 aromatic heterocycles. The van der Waals surface area contributed by atoms with Crippen LogP contribution in [0.15, 0.2) is 35.5 Å². The van der Waals surface area contributed by atoms with Crippen molar-refractivity contribution in [3.8, 4) is 11.8 Å². The number of methoxy groups -OCH3 is 1. The van der Waals surface area contributed by atoms with E-state index < -0.39 is 15.8 Å². The van der Waals surface area contributed by atoms with Crippen LogP contribution in [0, 0.1) is 12.7 Å². The van der Waals surface area contributed by atoms with E-state index >= 15 is 0 Å². The molecule has 0 radical (unpaired) electrons. The van der Waals surface area contributed by atoms with Gasteiger partial charge in [-0.3, -0.25) is 0 Å². The molecule has 0 N–H and O–H groups in total. The van der Waals surface area contributed by atoms with E-state index in [1.807, 2.05) is 0 Å². The van der Waals surface area contributed by atoms with Gasteiger partial charge in [0, 0.05) is 18.9 Å². The van der Waals surface area contributed by atoms with Gasteiger partial charge in [0.1, 0.15) is 11.9 Å². The van der Waals surface area contributed by atoms with Crippen molar-refractivity contribution in [2.75, 3.05) is 20.2 Å². The highest BCUT2D eigenvalue weighted by atomic mass is 32.2. The van der Waals surface area contributed by atoms with Crippen molar-refractivity contribution in [1.82, 2.24) is 14.3 Å². The lowest BCUT2D eigenvalue weighted by Crippen LogP contribution is -2.44. The highest BCUT2D eigenvalue weighted by molar-refractivity contribution is 7.89. The molecule has 2 aromatic rings. The van der Waals surface area contributed by atoms with Gasteiger partial charge in [-0.1, -0.05) is 0 Å². The molecule has 1 aromatic carbocycles. The van der Waals surface area contributed by atoms with Gasteiger partial charge in [-0.15, -0.1) is 0 Å². The summed E-state index contributed by atoms with van der Waals surface area (Å²) in [5, 5.41) is 0. The molecule has 7 nitrogen and oxygen atoms in total. The van der Waals surface area contributed by atoms with Crippen molar-refractivity contribution >= 4 is 10.0 Å². The summed E-state index contributed by atoms with van der Waals surface area (Å²) in [6.07, 6.45) is 3.93. The lowest BCUT2D eigenvalue weighted by Gasteiger charge is -2.32. The maximum Gasteiger partial charge on any atom is 0.278 e. The number of benzene rings is 1. The molecule has 26 heavy (non-hydrogen) atoms. The fraction of sp³-hybridized carbons (Fsp3) is 0.412. The van der Waals surface area contributed by atoms with Crippen molar-refractivity contribution in [2.45, 2.75) is 30.8 Å². The first-order valence-electron chi connectivity index (χ1n) is 8.20. The molecule has 140 valence electrons. The van der Waals surface area contributed by atoms with Gasteiger partial charge in [-0.05, 0) is 43.5 Å². The minimum absolute atomic E-state index is 0.108. The van der Waals surface area contributed by atoms with Crippen molar-refractivity contribution in [2.24, 2.45) is 0 Å². The third kappa shape index (κ3) is 3.78. The lowest BCUT2D eigenvalue weighted by molar-refractivity contribution is 0.119. The predicted molar refractivity (Wildman–Crippen MR) is 92.1 cm³/mol. The predicted octanol–water partition coefficient (Wildman–Crippen LogP) is 2.16. The molecule has 9 heteroatoms. The monoisotopic (exact) mass is 381 g/mol. The van der Waals surface area contributed by atoms with Gasteiger partial charge in [-0.2, -0.15) is 4.31 Å². The number of aryl methyl sites for hydroxylation is 1. The van der Waals surface area contributed by atoms with Crippen LogP contribution < -0.4 is 9.47 Å². The van der Waals surface area contributed by atoms with Crippen LogP contribution in [-0.4, -0.2) is 49.0 Å². The van der Waals surface area contributed by atoms with Crippen LogP contribution in [0.25, 0.3) is 0 Å². The number of hydrogen-bond acceptors (Lipinski definition) is 6. The summed E-state index contributed by atoms with van der Waals surface area (Å²) in [5.41, 5.74) is 0.378. The third-order valence-electron chi connectivity index (χ3n) is 4.20. The second-order valence-electron chi connectivity index (χ2n) is 6.03. The molecule has 1 saturated heterocycles. The molecule has 0 spiro atoms. The topological polar surface area (TPSA) is 81.6 Å². The second kappa shape index (κ2) is 7.55. The molecule has 1 aliphatic heterocycles. The van der Waals surface area contributed by atoms with Crippen LogP contribution in [0.4, 0.5) is 4.39 Å². The zero-order valence-corrected chi connectivity index (χ0v) is 15.4. The van der Waals surface area contributed by atoms with Gasteiger partial charge in [0.2, 0.25) is 10.0 Å². The van der Waals surface area contributed by atoms with E-state index in [0.717, 1.165) is 6.07 Å². The Morgan fingerprint density at radius 2 is 1.96 bits per heavy atom. The average molecular weight is 381 g/mol. The summed E-state index contributed by atoms with van der Waals surface area (Å²) in [4.78, 5) is 8.22. The first-order chi connectivity index (χ1) is 12.4. The van der Waals surface area contributed by atoms with Gasteiger partial charge >= 0.3 is 0 Å². The maximum absolute atomic E-state index is 13.3. The van der Waals surface area contributed by atoms with E-state index in [1.54, 1.807) is 6.92 Å². The molecular weight excluding hydrogens is 361 g/mol. The summed E-state index contributed by atoms with van der Waals surface area (Å²) in [5.74, 6) is 0.0233. The Balaban J connectivity index is 1.79. The number of nitrogens with zero attached hydrogens (tertiary/aromatic N) is 3. The van der Waals surface area contributed by atoms with Gasteiger partial charge in [0.25, 0.3) is 11.8 Å². The molecule has 1 unspecified atom stereocenters. The number of sulfonamides is 1. The summed E-state index contributed by atoms with van der Waals surface area (Å²) in [6, 6.07) is 3.67. The smallest absolute Gasteiger partial charge is 0.278 e. The van der Waals surface area contributed by atoms with Crippen LogP contribution in [0.2, 0.25) is 0 Å². The summed E-state index contributed by atoms with van der Waals surface area (Å²) in [7, 11) is -2.27.